The monoisotopic (exact) mass is 249 g/mol. The highest BCUT2D eigenvalue weighted by molar-refractivity contribution is 5.84. The average Bonchev–Trinajstić information content (AvgIpc) is 2.54. The Morgan fingerprint density at radius 2 is 2.06 bits per heavy atom. The Hall–Kier alpha value is -1.84. The number of aromatic nitrogens is 1. The number of rotatable bonds is 4. The van der Waals surface area contributed by atoms with Crippen LogP contribution in [0.15, 0.2) is 18.2 Å². The second kappa shape index (κ2) is 4.80. The summed E-state index contributed by atoms with van der Waals surface area (Å²) in [6.45, 7) is 4.48. The van der Waals surface area contributed by atoms with Gasteiger partial charge in [-0.1, -0.05) is 0 Å². The first-order valence-corrected chi connectivity index (χ1v) is 5.97. The molecular formula is C14H16FNO2. The summed E-state index contributed by atoms with van der Waals surface area (Å²) in [5, 5.41) is 9.53. The number of aryl methyl sites for hydroxylation is 3. The van der Waals surface area contributed by atoms with Crippen LogP contribution in [0.5, 0.6) is 0 Å². The number of carboxylic acids is 1. The van der Waals surface area contributed by atoms with E-state index in [-0.39, 0.29) is 12.2 Å². The van der Waals surface area contributed by atoms with E-state index in [9.17, 15) is 9.18 Å². The molecular weight excluding hydrogens is 233 g/mol. The van der Waals surface area contributed by atoms with Crippen LogP contribution in [0.3, 0.4) is 0 Å². The molecule has 96 valence electrons. The number of carbonyl (C=O) groups is 1. The van der Waals surface area contributed by atoms with Crippen LogP contribution in [-0.2, 0) is 11.3 Å². The van der Waals surface area contributed by atoms with E-state index in [4.69, 9.17) is 5.11 Å². The lowest BCUT2D eigenvalue weighted by atomic mass is 10.1. The van der Waals surface area contributed by atoms with Crippen LogP contribution in [0.1, 0.15) is 24.1 Å². The Morgan fingerprint density at radius 1 is 1.33 bits per heavy atom. The lowest BCUT2D eigenvalue weighted by Crippen LogP contribution is -2.04. The van der Waals surface area contributed by atoms with Gasteiger partial charge in [0.15, 0.2) is 0 Å². The second-order valence-electron chi connectivity index (χ2n) is 4.60. The smallest absolute Gasteiger partial charge is 0.303 e. The Kier molecular flexibility index (Phi) is 3.36. The van der Waals surface area contributed by atoms with Crippen molar-refractivity contribution in [3.63, 3.8) is 0 Å². The largest absolute Gasteiger partial charge is 0.481 e. The van der Waals surface area contributed by atoms with Crippen molar-refractivity contribution in [2.75, 3.05) is 0 Å². The van der Waals surface area contributed by atoms with Gasteiger partial charge in [-0.2, -0.15) is 0 Å². The fourth-order valence-corrected chi connectivity index (χ4v) is 2.40. The van der Waals surface area contributed by atoms with Gasteiger partial charge in [0.2, 0.25) is 0 Å². The molecule has 0 fully saturated rings. The minimum absolute atomic E-state index is 0.152. The zero-order chi connectivity index (χ0) is 13.3. The van der Waals surface area contributed by atoms with Crippen LogP contribution < -0.4 is 0 Å². The summed E-state index contributed by atoms with van der Waals surface area (Å²) in [5.41, 5.74) is 2.91. The van der Waals surface area contributed by atoms with Crippen molar-refractivity contribution in [3.8, 4) is 0 Å². The molecule has 0 amide bonds. The molecule has 1 aromatic heterocycles. The quantitative estimate of drug-likeness (QED) is 0.903. The summed E-state index contributed by atoms with van der Waals surface area (Å²) in [7, 11) is 0. The topological polar surface area (TPSA) is 42.2 Å². The molecule has 0 saturated carbocycles. The molecule has 2 aromatic rings. The molecule has 0 radical (unpaired) electrons. The number of fused-ring (bicyclic) bond motifs is 1. The molecule has 0 saturated heterocycles. The third-order valence-corrected chi connectivity index (χ3v) is 3.13. The number of benzene rings is 1. The maximum Gasteiger partial charge on any atom is 0.303 e. The molecule has 0 bridgehead atoms. The molecule has 0 aliphatic heterocycles. The zero-order valence-electron chi connectivity index (χ0n) is 10.5. The first-order valence-electron chi connectivity index (χ1n) is 5.97. The molecule has 0 unspecified atom stereocenters. The van der Waals surface area contributed by atoms with Gasteiger partial charge in [0, 0.05) is 24.0 Å². The lowest BCUT2D eigenvalue weighted by Gasteiger charge is -2.09. The summed E-state index contributed by atoms with van der Waals surface area (Å²) < 4.78 is 15.4. The van der Waals surface area contributed by atoms with Gasteiger partial charge in [-0.25, -0.2) is 4.39 Å². The van der Waals surface area contributed by atoms with E-state index in [1.807, 2.05) is 19.9 Å². The maximum atomic E-state index is 13.3. The second-order valence-corrected chi connectivity index (χ2v) is 4.60. The molecule has 2 rings (SSSR count). The van der Waals surface area contributed by atoms with Crippen LogP contribution in [0.2, 0.25) is 0 Å². The van der Waals surface area contributed by atoms with E-state index < -0.39 is 5.97 Å². The summed E-state index contributed by atoms with van der Waals surface area (Å²) in [6.07, 6.45) is 0.732. The molecule has 1 heterocycles. The normalized spacial score (nSPS) is 11.1. The van der Waals surface area contributed by atoms with Gasteiger partial charge in [0.25, 0.3) is 0 Å². The Labute approximate surface area is 105 Å². The third kappa shape index (κ3) is 2.37. The zero-order valence-corrected chi connectivity index (χ0v) is 10.5. The first kappa shape index (κ1) is 12.6. The van der Waals surface area contributed by atoms with Crippen molar-refractivity contribution in [2.24, 2.45) is 0 Å². The molecule has 1 aromatic carbocycles. The standard InChI is InChI=1S/C14H16FNO2/c1-9-6-12(15)8-11-7-10(2)16(14(9)11)5-3-4-13(17)18/h6-8H,3-5H2,1-2H3,(H,17,18). The van der Waals surface area contributed by atoms with Crippen LogP contribution in [-0.4, -0.2) is 15.6 Å². The predicted molar refractivity (Wildman–Crippen MR) is 68.2 cm³/mol. The van der Waals surface area contributed by atoms with E-state index in [2.05, 4.69) is 4.57 Å². The number of nitrogens with zero attached hydrogens (tertiary/aromatic N) is 1. The maximum absolute atomic E-state index is 13.3. The van der Waals surface area contributed by atoms with Crippen molar-refractivity contribution < 1.29 is 14.3 Å². The highest BCUT2D eigenvalue weighted by Gasteiger charge is 2.10. The van der Waals surface area contributed by atoms with Gasteiger partial charge in [0.05, 0.1) is 5.52 Å². The molecule has 0 spiro atoms. The van der Waals surface area contributed by atoms with E-state index in [0.717, 1.165) is 22.2 Å². The number of hydrogen-bond acceptors (Lipinski definition) is 1. The summed E-state index contributed by atoms with van der Waals surface area (Å²) in [4.78, 5) is 10.5. The minimum atomic E-state index is -0.785. The van der Waals surface area contributed by atoms with Crippen molar-refractivity contribution in [3.05, 3.63) is 35.3 Å². The average molecular weight is 249 g/mol. The highest BCUT2D eigenvalue weighted by atomic mass is 19.1. The van der Waals surface area contributed by atoms with Crippen molar-refractivity contribution in [1.82, 2.24) is 4.57 Å². The first-order chi connectivity index (χ1) is 8.49. The van der Waals surface area contributed by atoms with Gasteiger partial charge >= 0.3 is 5.97 Å². The van der Waals surface area contributed by atoms with Crippen LogP contribution in [0.4, 0.5) is 4.39 Å². The van der Waals surface area contributed by atoms with Crippen LogP contribution >= 0.6 is 0 Å². The molecule has 0 atom stereocenters. The molecule has 18 heavy (non-hydrogen) atoms. The fourth-order valence-electron chi connectivity index (χ4n) is 2.40. The van der Waals surface area contributed by atoms with E-state index in [1.54, 1.807) is 0 Å². The summed E-state index contributed by atoms with van der Waals surface area (Å²) >= 11 is 0. The SMILES string of the molecule is Cc1cc(F)cc2cc(C)n(CCCC(=O)O)c12. The van der Waals surface area contributed by atoms with Crippen LogP contribution in [0, 0.1) is 19.7 Å². The Bertz CT molecular complexity index is 601. The fraction of sp³-hybridized carbons (Fsp3) is 0.357. The van der Waals surface area contributed by atoms with E-state index in [0.29, 0.717) is 13.0 Å². The van der Waals surface area contributed by atoms with E-state index >= 15 is 0 Å². The number of hydrogen-bond donors (Lipinski definition) is 1. The van der Waals surface area contributed by atoms with Gasteiger partial charge < -0.3 is 9.67 Å². The third-order valence-electron chi connectivity index (χ3n) is 3.13. The van der Waals surface area contributed by atoms with Crippen LogP contribution in [0.25, 0.3) is 10.9 Å². The number of carboxylic acid groups (broad SMARTS) is 1. The summed E-state index contributed by atoms with van der Waals surface area (Å²) in [5.74, 6) is -1.02. The predicted octanol–water partition coefficient (Wildman–Crippen LogP) is 3.26. The minimum Gasteiger partial charge on any atom is -0.481 e. The Morgan fingerprint density at radius 3 is 2.72 bits per heavy atom. The van der Waals surface area contributed by atoms with Gasteiger partial charge in [-0.15, -0.1) is 0 Å². The van der Waals surface area contributed by atoms with Crippen molar-refractivity contribution in [2.45, 2.75) is 33.2 Å². The molecule has 1 N–H and O–H groups in total. The molecule has 0 aliphatic rings. The number of halogens is 1. The summed E-state index contributed by atoms with van der Waals surface area (Å²) in [6, 6.07) is 4.96. The van der Waals surface area contributed by atoms with Crippen molar-refractivity contribution >= 4 is 16.9 Å². The van der Waals surface area contributed by atoms with Gasteiger partial charge in [-0.3, -0.25) is 4.79 Å². The van der Waals surface area contributed by atoms with Gasteiger partial charge in [-0.05, 0) is 44.0 Å². The lowest BCUT2D eigenvalue weighted by molar-refractivity contribution is -0.137. The van der Waals surface area contributed by atoms with E-state index in [1.165, 1.54) is 12.1 Å². The van der Waals surface area contributed by atoms with Crippen molar-refractivity contribution in [1.29, 1.82) is 0 Å². The Balaban J connectivity index is 2.37. The molecule has 3 nitrogen and oxygen atoms in total. The highest BCUT2D eigenvalue weighted by Crippen LogP contribution is 2.24. The molecule has 0 aliphatic carbocycles. The van der Waals surface area contributed by atoms with Gasteiger partial charge in [0.1, 0.15) is 5.82 Å². The molecule has 4 heteroatoms. The number of aliphatic carboxylic acids is 1.